The van der Waals surface area contributed by atoms with Crippen molar-refractivity contribution in [3.8, 4) is 11.5 Å². The van der Waals surface area contributed by atoms with Gasteiger partial charge in [0.25, 0.3) is 0 Å². The van der Waals surface area contributed by atoms with Gasteiger partial charge in [0.1, 0.15) is 18.1 Å². The molecule has 1 aliphatic rings. The van der Waals surface area contributed by atoms with Gasteiger partial charge in [-0.05, 0) is 50.6 Å². The molecule has 6 heteroatoms. The molecule has 1 aromatic rings. The Bertz CT molecular complexity index is 917. The van der Waals surface area contributed by atoms with Crippen LogP contribution in [0.4, 0.5) is 0 Å². The van der Waals surface area contributed by atoms with E-state index in [0.29, 0.717) is 19.6 Å². The van der Waals surface area contributed by atoms with Crippen LogP contribution in [0.25, 0.3) is 0 Å². The van der Waals surface area contributed by atoms with Crippen LogP contribution in [0.5, 0.6) is 11.5 Å². The van der Waals surface area contributed by atoms with E-state index in [9.17, 15) is 4.79 Å². The molecule has 0 spiro atoms. The molecule has 2 rings (SSSR count). The van der Waals surface area contributed by atoms with Gasteiger partial charge >= 0.3 is 5.97 Å². The highest BCUT2D eigenvalue weighted by Crippen LogP contribution is 2.25. The number of likely N-dealkylation sites (N-methyl/N-ethyl adjacent to an activating group) is 1. The van der Waals surface area contributed by atoms with E-state index in [1.54, 1.807) is 0 Å². The lowest BCUT2D eigenvalue weighted by Gasteiger charge is -2.32. The van der Waals surface area contributed by atoms with Gasteiger partial charge in [-0.1, -0.05) is 155 Å². The highest BCUT2D eigenvalue weighted by atomic mass is 16.5. The smallest absolute Gasteiger partial charge is 0.306 e. The van der Waals surface area contributed by atoms with Crippen molar-refractivity contribution in [3.63, 3.8) is 0 Å². The van der Waals surface area contributed by atoms with Crippen LogP contribution in [-0.2, 0) is 16.1 Å². The van der Waals surface area contributed by atoms with Crippen molar-refractivity contribution in [1.29, 1.82) is 0 Å². The Morgan fingerprint density at radius 3 is 1.36 bits per heavy atom. The highest BCUT2D eigenvalue weighted by molar-refractivity contribution is 5.69. The third-order valence-corrected chi connectivity index (χ3v) is 10.3. The van der Waals surface area contributed by atoms with Crippen LogP contribution in [0, 0.1) is 0 Å². The Morgan fingerprint density at radius 2 is 0.940 bits per heavy atom. The zero-order valence-corrected chi connectivity index (χ0v) is 33.3. The molecule has 0 aromatic heterocycles. The summed E-state index contributed by atoms with van der Waals surface area (Å²) in [6.45, 7) is 11.6. The molecular formula is C44H80N2O4. The van der Waals surface area contributed by atoms with Gasteiger partial charge in [-0.3, -0.25) is 4.79 Å². The van der Waals surface area contributed by atoms with E-state index in [0.717, 1.165) is 69.0 Å². The minimum absolute atomic E-state index is 0.125. The number of hydrogen-bond acceptors (Lipinski definition) is 6. The minimum atomic E-state index is -0.125. The zero-order chi connectivity index (χ0) is 35.7. The fraction of sp³-hybridized carbons (Fsp3) is 0.841. The number of unbranched alkanes of at least 4 members (excludes halogenated alkanes) is 22. The van der Waals surface area contributed by atoms with E-state index in [1.165, 1.54) is 141 Å². The largest absolute Gasteiger partial charge is 0.493 e. The SMILES string of the molecule is CCCCCCCCCCCCCCCCCOc1cc(COC(=O)CCCN2CCN(C)CC2)cc(OCCCCCCCCCCC)c1. The molecule has 0 amide bonds. The summed E-state index contributed by atoms with van der Waals surface area (Å²) in [5.74, 6) is 1.51. The Morgan fingerprint density at radius 1 is 0.540 bits per heavy atom. The summed E-state index contributed by atoms with van der Waals surface area (Å²) in [6, 6.07) is 6.06. The Labute approximate surface area is 309 Å². The van der Waals surface area contributed by atoms with Crippen molar-refractivity contribution >= 4 is 5.97 Å². The van der Waals surface area contributed by atoms with E-state index in [-0.39, 0.29) is 12.6 Å². The van der Waals surface area contributed by atoms with Crippen LogP contribution < -0.4 is 9.47 Å². The topological polar surface area (TPSA) is 51.2 Å². The predicted molar refractivity (Wildman–Crippen MR) is 213 cm³/mol. The second-order valence-corrected chi connectivity index (χ2v) is 15.2. The molecule has 1 saturated heterocycles. The predicted octanol–water partition coefficient (Wildman–Crippen LogP) is 11.9. The molecule has 0 aliphatic carbocycles. The number of piperazine rings is 1. The first-order chi connectivity index (χ1) is 24.6. The third kappa shape index (κ3) is 25.2. The summed E-state index contributed by atoms with van der Waals surface area (Å²) in [6.07, 6.45) is 33.4. The van der Waals surface area contributed by atoms with Crippen molar-refractivity contribution in [2.24, 2.45) is 0 Å². The molecule has 0 atom stereocenters. The first kappa shape index (κ1) is 44.4. The maximum Gasteiger partial charge on any atom is 0.306 e. The number of carbonyl (C=O) groups is 1. The van der Waals surface area contributed by atoms with E-state index in [1.807, 2.05) is 18.2 Å². The molecule has 6 nitrogen and oxygen atoms in total. The van der Waals surface area contributed by atoms with Gasteiger partial charge in [0, 0.05) is 38.7 Å². The van der Waals surface area contributed by atoms with Crippen LogP contribution in [0.1, 0.15) is 186 Å². The van der Waals surface area contributed by atoms with Gasteiger partial charge in [0.2, 0.25) is 0 Å². The maximum atomic E-state index is 12.6. The van der Waals surface area contributed by atoms with Crippen molar-refractivity contribution in [2.45, 2.75) is 187 Å². The number of rotatable bonds is 34. The summed E-state index contributed by atoms with van der Waals surface area (Å²) < 4.78 is 18.1. The molecule has 0 N–H and O–H groups in total. The molecule has 0 saturated carbocycles. The lowest BCUT2D eigenvalue weighted by molar-refractivity contribution is -0.145. The lowest BCUT2D eigenvalue weighted by Crippen LogP contribution is -2.44. The fourth-order valence-corrected chi connectivity index (χ4v) is 6.90. The average Bonchev–Trinajstić information content (AvgIpc) is 3.12. The van der Waals surface area contributed by atoms with E-state index in [2.05, 4.69) is 30.7 Å². The Kier molecular flexibility index (Phi) is 28.3. The van der Waals surface area contributed by atoms with E-state index < -0.39 is 0 Å². The average molecular weight is 701 g/mol. The molecule has 1 heterocycles. The van der Waals surface area contributed by atoms with Crippen molar-refractivity contribution < 1.29 is 19.0 Å². The maximum absolute atomic E-state index is 12.6. The van der Waals surface area contributed by atoms with Crippen LogP contribution in [-0.4, -0.2) is 68.8 Å². The number of hydrogen-bond donors (Lipinski definition) is 0. The Balaban J connectivity index is 1.65. The normalized spacial score (nSPS) is 13.9. The van der Waals surface area contributed by atoms with E-state index in [4.69, 9.17) is 14.2 Å². The summed E-state index contributed by atoms with van der Waals surface area (Å²) in [5.41, 5.74) is 0.938. The summed E-state index contributed by atoms with van der Waals surface area (Å²) >= 11 is 0. The molecule has 0 unspecified atom stereocenters. The molecule has 0 radical (unpaired) electrons. The van der Waals surface area contributed by atoms with Crippen LogP contribution in [0.3, 0.4) is 0 Å². The molecule has 1 aromatic carbocycles. The van der Waals surface area contributed by atoms with Crippen LogP contribution in [0.2, 0.25) is 0 Å². The van der Waals surface area contributed by atoms with Crippen LogP contribution in [0.15, 0.2) is 18.2 Å². The lowest BCUT2D eigenvalue weighted by atomic mass is 10.0. The van der Waals surface area contributed by atoms with Crippen molar-refractivity contribution in [2.75, 3.05) is 53.0 Å². The van der Waals surface area contributed by atoms with Gasteiger partial charge in [-0.25, -0.2) is 0 Å². The highest BCUT2D eigenvalue weighted by Gasteiger charge is 2.14. The molecular weight excluding hydrogens is 620 g/mol. The van der Waals surface area contributed by atoms with Gasteiger partial charge < -0.3 is 24.0 Å². The van der Waals surface area contributed by atoms with Crippen molar-refractivity contribution in [1.82, 2.24) is 9.80 Å². The minimum Gasteiger partial charge on any atom is -0.493 e. The van der Waals surface area contributed by atoms with Gasteiger partial charge in [-0.15, -0.1) is 0 Å². The summed E-state index contributed by atoms with van der Waals surface area (Å²) in [7, 11) is 2.17. The number of benzene rings is 1. The second kappa shape index (κ2) is 31.9. The molecule has 1 fully saturated rings. The third-order valence-electron chi connectivity index (χ3n) is 10.3. The van der Waals surface area contributed by atoms with Gasteiger partial charge in [-0.2, -0.15) is 0 Å². The fourth-order valence-electron chi connectivity index (χ4n) is 6.90. The number of esters is 1. The standard InChI is InChI=1S/C44H80N2O4/c1-4-6-8-10-12-14-15-16-17-18-19-21-23-25-27-36-49-43-38-41(40-50-44(47)29-28-30-46-33-31-45(3)32-34-46)37-42(39-43)48-35-26-24-22-20-13-11-9-7-5-2/h37-39H,4-36,40H2,1-3H3. The second-order valence-electron chi connectivity index (χ2n) is 15.2. The molecule has 1 aliphatic heterocycles. The Hall–Kier alpha value is -1.79. The quantitative estimate of drug-likeness (QED) is 0.0527. The monoisotopic (exact) mass is 701 g/mol. The first-order valence-corrected chi connectivity index (χ1v) is 21.6. The molecule has 290 valence electrons. The van der Waals surface area contributed by atoms with Gasteiger partial charge in [0.15, 0.2) is 0 Å². The zero-order valence-electron chi connectivity index (χ0n) is 33.3. The summed E-state index contributed by atoms with van der Waals surface area (Å²) in [4.78, 5) is 17.4. The first-order valence-electron chi connectivity index (χ1n) is 21.6. The number of carbonyl (C=O) groups excluding carboxylic acids is 1. The molecule has 50 heavy (non-hydrogen) atoms. The number of ether oxygens (including phenoxy) is 3. The van der Waals surface area contributed by atoms with Crippen LogP contribution >= 0.6 is 0 Å². The van der Waals surface area contributed by atoms with E-state index >= 15 is 0 Å². The van der Waals surface area contributed by atoms with Crippen molar-refractivity contribution in [3.05, 3.63) is 23.8 Å². The number of nitrogens with zero attached hydrogens (tertiary/aromatic N) is 2. The van der Waals surface area contributed by atoms with Gasteiger partial charge in [0.05, 0.1) is 13.2 Å². The molecule has 0 bridgehead atoms. The summed E-state index contributed by atoms with van der Waals surface area (Å²) in [5, 5.41) is 0.